The molecule has 0 bridgehead atoms. The number of likely N-dealkylation sites (N-methyl/N-ethyl adjacent to an activating group) is 1. The quantitative estimate of drug-likeness (QED) is 0.839. The van der Waals surface area contributed by atoms with Crippen LogP contribution in [0.5, 0.6) is 0 Å². The summed E-state index contributed by atoms with van der Waals surface area (Å²) in [7, 11) is 2.02. The highest BCUT2D eigenvalue weighted by Gasteiger charge is 2.40. The Balaban J connectivity index is 2.18. The number of nitrogens with zero attached hydrogens (tertiary/aromatic N) is 1. The number of anilines is 1. The Kier molecular flexibility index (Phi) is 5.38. The summed E-state index contributed by atoms with van der Waals surface area (Å²) >= 11 is 0. The number of rotatable bonds is 6. The van der Waals surface area contributed by atoms with Crippen molar-refractivity contribution in [1.29, 1.82) is 0 Å². The van der Waals surface area contributed by atoms with Crippen molar-refractivity contribution < 1.29 is 4.74 Å². The molecule has 1 unspecified atom stereocenters. The molecule has 0 amide bonds. The minimum atomic E-state index is -0.0516. The fourth-order valence-corrected chi connectivity index (χ4v) is 3.43. The fourth-order valence-electron chi connectivity index (χ4n) is 3.43. The van der Waals surface area contributed by atoms with Crippen molar-refractivity contribution in [3.8, 4) is 0 Å². The van der Waals surface area contributed by atoms with Gasteiger partial charge in [-0.1, -0.05) is 25.3 Å². The molecule has 1 heterocycles. The minimum Gasteiger partial charge on any atom is -0.383 e. The van der Waals surface area contributed by atoms with Crippen LogP contribution < -0.4 is 11.1 Å². The first kappa shape index (κ1) is 15.3. The summed E-state index contributed by atoms with van der Waals surface area (Å²) in [6, 6.07) is 4.30. The summed E-state index contributed by atoms with van der Waals surface area (Å²) in [6.07, 6.45) is 8.70. The standard InChI is InChI=1S/C16H27N3O/c1-3-20-16(9-5-4-6-10-16)14(18-2)12-13-8-7-11-19-15(13)17/h7-8,11,14,18H,3-6,9-10,12H2,1-2H3,(H2,17,19). The van der Waals surface area contributed by atoms with E-state index in [1.807, 2.05) is 13.1 Å². The van der Waals surface area contributed by atoms with Crippen molar-refractivity contribution in [1.82, 2.24) is 10.3 Å². The number of nitrogen functional groups attached to an aromatic ring is 1. The number of hydrogen-bond acceptors (Lipinski definition) is 4. The summed E-state index contributed by atoms with van der Waals surface area (Å²) < 4.78 is 6.21. The average Bonchev–Trinajstić information content (AvgIpc) is 2.47. The predicted octanol–water partition coefficient (Wildman–Crippen LogP) is 2.53. The molecule has 2 rings (SSSR count). The third-order valence-corrected chi connectivity index (χ3v) is 4.47. The Bertz CT molecular complexity index is 410. The van der Waals surface area contributed by atoms with Crippen molar-refractivity contribution in [2.24, 2.45) is 0 Å². The third-order valence-electron chi connectivity index (χ3n) is 4.47. The second-order valence-corrected chi connectivity index (χ2v) is 5.65. The average molecular weight is 277 g/mol. The van der Waals surface area contributed by atoms with Gasteiger partial charge in [0.05, 0.1) is 5.60 Å². The lowest BCUT2D eigenvalue weighted by Gasteiger charge is -2.43. The van der Waals surface area contributed by atoms with Crippen LogP contribution in [0, 0.1) is 0 Å². The molecule has 4 nitrogen and oxygen atoms in total. The Labute approximate surface area is 122 Å². The first-order valence-corrected chi connectivity index (χ1v) is 7.72. The zero-order valence-corrected chi connectivity index (χ0v) is 12.7. The predicted molar refractivity (Wildman–Crippen MR) is 82.6 cm³/mol. The van der Waals surface area contributed by atoms with Crippen molar-refractivity contribution in [3.63, 3.8) is 0 Å². The van der Waals surface area contributed by atoms with Crippen molar-refractivity contribution in [2.75, 3.05) is 19.4 Å². The molecule has 0 aliphatic heterocycles. The Morgan fingerprint density at radius 1 is 1.40 bits per heavy atom. The molecule has 3 N–H and O–H groups in total. The smallest absolute Gasteiger partial charge is 0.126 e. The lowest BCUT2D eigenvalue weighted by Crippen LogP contribution is -2.54. The van der Waals surface area contributed by atoms with Gasteiger partial charge >= 0.3 is 0 Å². The summed E-state index contributed by atoms with van der Waals surface area (Å²) in [5, 5.41) is 3.46. The molecule has 0 spiro atoms. The number of nitrogens with two attached hydrogens (primary N) is 1. The first-order valence-electron chi connectivity index (χ1n) is 7.72. The van der Waals surface area contributed by atoms with E-state index in [0.717, 1.165) is 31.4 Å². The molecule has 1 aromatic heterocycles. The van der Waals surface area contributed by atoms with Crippen LogP contribution in [0.25, 0.3) is 0 Å². The number of ether oxygens (including phenoxy) is 1. The molecule has 1 fully saturated rings. The number of pyridine rings is 1. The SMILES string of the molecule is CCOC1(C(Cc2cccnc2N)NC)CCCCC1. The minimum absolute atomic E-state index is 0.0516. The van der Waals surface area contributed by atoms with Gasteiger partial charge in [0, 0.05) is 18.8 Å². The van der Waals surface area contributed by atoms with Crippen LogP contribution in [-0.4, -0.2) is 30.3 Å². The molecule has 1 aliphatic carbocycles. The maximum atomic E-state index is 6.21. The van der Waals surface area contributed by atoms with Crippen LogP contribution in [0.15, 0.2) is 18.3 Å². The van der Waals surface area contributed by atoms with Crippen LogP contribution in [0.3, 0.4) is 0 Å². The van der Waals surface area contributed by atoms with E-state index in [0.29, 0.717) is 5.82 Å². The number of nitrogens with one attached hydrogen (secondary N) is 1. The summed E-state index contributed by atoms with van der Waals surface area (Å²) in [5.41, 5.74) is 7.05. The Morgan fingerprint density at radius 3 is 2.75 bits per heavy atom. The highest BCUT2D eigenvalue weighted by molar-refractivity contribution is 5.39. The lowest BCUT2D eigenvalue weighted by molar-refractivity contribution is -0.0883. The maximum absolute atomic E-state index is 6.21. The van der Waals surface area contributed by atoms with E-state index in [4.69, 9.17) is 10.5 Å². The Hall–Kier alpha value is -1.13. The molecule has 0 radical (unpaired) electrons. The monoisotopic (exact) mass is 277 g/mol. The first-order chi connectivity index (χ1) is 9.72. The van der Waals surface area contributed by atoms with Gasteiger partial charge in [-0.05, 0) is 44.9 Å². The second-order valence-electron chi connectivity index (χ2n) is 5.65. The van der Waals surface area contributed by atoms with E-state index in [1.165, 1.54) is 19.3 Å². The summed E-state index contributed by atoms with van der Waals surface area (Å²) in [5.74, 6) is 0.634. The van der Waals surface area contributed by atoms with Gasteiger partial charge in [0.25, 0.3) is 0 Å². The van der Waals surface area contributed by atoms with Gasteiger partial charge in [-0.25, -0.2) is 4.98 Å². The van der Waals surface area contributed by atoms with Gasteiger partial charge in [0.15, 0.2) is 0 Å². The molecule has 1 aliphatic rings. The van der Waals surface area contributed by atoms with E-state index in [-0.39, 0.29) is 11.6 Å². The molecule has 20 heavy (non-hydrogen) atoms. The van der Waals surface area contributed by atoms with Gasteiger partial charge in [0.1, 0.15) is 5.82 Å². The highest BCUT2D eigenvalue weighted by Crippen LogP contribution is 2.36. The second kappa shape index (κ2) is 7.04. The fraction of sp³-hybridized carbons (Fsp3) is 0.688. The van der Waals surface area contributed by atoms with Gasteiger partial charge < -0.3 is 15.8 Å². The van der Waals surface area contributed by atoms with Crippen molar-refractivity contribution in [2.45, 2.75) is 57.1 Å². The molecule has 1 aromatic rings. The van der Waals surface area contributed by atoms with Crippen LogP contribution in [0.2, 0.25) is 0 Å². The van der Waals surface area contributed by atoms with Gasteiger partial charge in [-0.15, -0.1) is 0 Å². The normalized spacial score (nSPS) is 19.7. The molecule has 0 aromatic carbocycles. The van der Waals surface area contributed by atoms with Gasteiger partial charge in [-0.2, -0.15) is 0 Å². The zero-order valence-electron chi connectivity index (χ0n) is 12.7. The molecule has 112 valence electrons. The Morgan fingerprint density at radius 2 is 2.15 bits per heavy atom. The topological polar surface area (TPSA) is 60.2 Å². The molecular weight excluding hydrogens is 250 g/mol. The third kappa shape index (κ3) is 3.30. The van der Waals surface area contributed by atoms with Crippen LogP contribution in [0.1, 0.15) is 44.6 Å². The van der Waals surface area contributed by atoms with Crippen LogP contribution in [-0.2, 0) is 11.2 Å². The van der Waals surface area contributed by atoms with E-state index < -0.39 is 0 Å². The molecular formula is C16H27N3O. The molecule has 0 saturated heterocycles. The zero-order chi connectivity index (χ0) is 14.4. The van der Waals surface area contributed by atoms with E-state index in [9.17, 15) is 0 Å². The van der Waals surface area contributed by atoms with Gasteiger partial charge in [0.2, 0.25) is 0 Å². The van der Waals surface area contributed by atoms with E-state index >= 15 is 0 Å². The van der Waals surface area contributed by atoms with Crippen LogP contribution in [0.4, 0.5) is 5.82 Å². The summed E-state index contributed by atoms with van der Waals surface area (Å²) in [6.45, 7) is 2.85. The van der Waals surface area contributed by atoms with Crippen LogP contribution >= 0.6 is 0 Å². The van der Waals surface area contributed by atoms with E-state index in [2.05, 4.69) is 23.3 Å². The number of aromatic nitrogens is 1. The maximum Gasteiger partial charge on any atom is 0.126 e. The molecule has 4 heteroatoms. The number of hydrogen-bond donors (Lipinski definition) is 2. The highest BCUT2D eigenvalue weighted by atomic mass is 16.5. The van der Waals surface area contributed by atoms with Crippen molar-refractivity contribution >= 4 is 5.82 Å². The van der Waals surface area contributed by atoms with E-state index in [1.54, 1.807) is 6.20 Å². The lowest BCUT2D eigenvalue weighted by atomic mass is 9.77. The molecule has 1 atom stereocenters. The largest absolute Gasteiger partial charge is 0.383 e. The van der Waals surface area contributed by atoms with Gasteiger partial charge in [-0.3, -0.25) is 0 Å². The van der Waals surface area contributed by atoms with Crippen molar-refractivity contribution in [3.05, 3.63) is 23.9 Å². The summed E-state index contributed by atoms with van der Waals surface area (Å²) in [4.78, 5) is 4.19. The molecule has 1 saturated carbocycles.